The molecule has 0 radical (unpaired) electrons. The molecule has 3 rings (SSSR count). The minimum absolute atomic E-state index is 0.0152. The van der Waals surface area contributed by atoms with Gasteiger partial charge in [0.1, 0.15) is 6.54 Å². The summed E-state index contributed by atoms with van der Waals surface area (Å²) in [7, 11) is -4.07. The van der Waals surface area contributed by atoms with E-state index in [1.807, 2.05) is 0 Å². The predicted molar refractivity (Wildman–Crippen MR) is 117 cm³/mol. The van der Waals surface area contributed by atoms with Crippen LogP contribution in [0.25, 0.3) is 0 Å². The zero-order valence-corrected chi connectivity index (χ0v) is 17.8. The molecule has 7 nitrogen and oxygen atoms in total. The molecule has 0 saturated heterocycles. The highest BCUT2D eigenvalue weighted by Gasteiger charge is 2.27. The van der Waals surface area contributed by atoms with Gasteiger partial charge < -0.3 is 0 Å². The highest BCUT2D eigenvalue weighted by Crippen LogP contribution is 2.26. The van der Waals surface area contributed by atoms with Gasteiger partial charge in [0.2, 0.25) is 0 Å². The summed E-state index contributed by atoms with van der Waals surface area (Å²) in [5.74, 6) is -0.632. The third kappa shape index (κ3) is 5.56. The maximum Gasteiger partial charge on any atom is 0.264 e. The smallest absolute Gasteiger partial charge is 0.264 e. The minimum Gasteiger partial charge on any atom is -0.271 e. The highest BCUT2D eigenvalue weighted by molar-refractivity contribution is 7.92. The van der Waals surface area contributed by atoms with Crippen molar-refractivity contribution in [1.82, 2.24) is 10.4 Å². The van der Waals surface area contributed by atoms with Crippen LogP contribution in [0.15, 0.2) is 83.1 Å². The highest BCUT2D eigenvalue weighted by atomic mass is 35.5. The molecule has 10 heteroatoms. The number of anilines is 1. The Morgan fingerprint density at radius 1 is 1.07 bits per heavy atom. The molecule has 1 amide bonds. The minimum atomic E-state index is -4.07. The number of benzene rings is 2. The normalized spacial score (nSPS) is 11.4. The summed E-state index contributed by atoms with van der Waals surface area (Å²) in [4.78, 5) is 16.4. The Labute approximate surface area is 184 Å². The van der Waals surface area contributed by atoms with Crippen molar-refractivity contribution in [3.8, 4) is 0 Å². The van der Waals surface area contributed by atoms with Crippen LogP contribution in [0, 0.1) is 0 Å². The van der Waals surface area contributed by atoms with Crippen LogP contribution in [0.1, 0.15) is 5.56 Å². The van der Waals surface area contributed by atoms with Crippen molar-refractivity contribution in [2.45, 2.75) is 4.90 Å². The number of hydrogen-bond acceptors (Lipinski definition) is 5. The Bertz CT molecular complexity index is 1150. The summed E-state index contributed by atoms with van der Waals surface area (Å²) >= 11 is 11.9. The van der Waals surface area contributed by atoms with E-state index in [1.165, 1.54) is 36.5 Å². The monoisotopic (exact) mass is 462 g/mol. The number of aromatic nitrogens is 1. The number of hydrogen-bond donors (Lipinski definition) is 1. The van der Waals surface area contributed by atoms with Gasteiger partial charge >= 0.3 is 0 Å². The Morgan fingerprint density at radius 3 is 2.50 bits per heavy atom. The fourth-order valence-corrected chi connectivity index (χ4v) is 4.20. The molecular formula is C20H16Cl2N4O3S. The van der Waals surface area contributed by atoms with Crippen molar-refractivity contribution in [2.75, 3.05) is 10.8 Å². The Morgan fingerprint density at radius 2 is 1.83 bits per heavy atom. The van der Waals surface area contributed by atoms with Gasteiger partial charge in [-0.25, -0.2) is 13.8 Å². The fraction of sp³-hybridized carbons (Fsp3) is 0.0500. The number of carbonyl (C=O) groups is 1. The summed E-state index contributed by atoms with van der Waals surface area (Å²) in [5.41, 5.74) is 3.24. The average molecular weight is 463 g/mol. The SMILES string of the molecule is O=C(CN(c1cccc(Cl)c1)S(=O)(=O)c1ccc(Cl)cc1)N/N=C\c1cccnc1. The van der Waals surface area contributed by atoms with Gasteiger partial charge in [-0.05, 0) is 48.5 Å². The van der Waals surface area contributed by atoms with Crippen molar-refractivity contribution < 1.29 is 13.2 Å². The largest absolute Gasteiger partial charge is 0.271 e. The van der Waals surface area contributed by atoms with E-state index >= 15 is 0 Å². The first-order valence-corrected chi connectivity index (χ1v) is 10.8. The van der Waals surface area contributed by atoms with Gasteiger partial charge in [-0.3, -0.25) is 14.1 Å². The first kappa shape index (κ1) is 21.8. The van der Waals surface area contributed by atoms with Crippen LogP contribution in [0.5, 0.6) is 0 Å². The molecule has 1 N–H and O–H groups in total. The molecule has 3 aromatic rings. The van der Waals surface area contributed by atoms with Crippen LogP contribution in [0.4, 0.5) is 5.69 Å². The number of pyridine rings is 1. The zero-order valence-electron chi connectivity index (χ0n) is 15.4. The molecule has 0 spiro atoms. The van der Waals surface area contributed by atoms with Crippen LogP contribution < -0.4 is 9.73 Å². The van der Waals surface area contributed by atoms with E-state index in [2.05, 4.69) is 15.5 Å². The van der Waals surface area contributed by atoms with E-state index in [0.29, 0.717) is 15.6 Å². The standard InChI is InChI=1S/C20H16Cl2N4O3S/c21-16-6-8-19(9-7-16)30(28,29)26(18-5-1-4-17(22)11-18)14-20(27)25-24-13-15-3-2-10-23-12-15/h1-13H,14H2,(H,25,27)/b24-13-. The van der Waals surface area contributed by atoms with E-state index < -0.39 is 22.5 Å². The first-order chi connectivity index (χ1) is 14.4. The number of hydrazone groups is 1. The van der Waals surface area contributed by atoms with Gasteiger partial charge in [-0.15, -0.1) is 0 Å². The summed E-state index contributed by atoms with van der Waals surface area (Å²) < 4.78 is 27.4. The van der Waals surface area contributed by atoms with Crippen molar-refractivity contribution in [1.29, 1.82) is 0 Å². The average Bonchev–Trinajstić information content (AvgIpc) is 2.73. The molecule has 0 unspecified atom stereocenters. The topological polar surface area (TPSA) is 91.7 Å². The number of amides is 1. The molecule has 1 heterocycles. The Kier molecular flexibility index (Phi) is 7.04. The molecule has 0 aliphatic heterocycles. The lowest BCUT2D eigenvalue weighted by atomic mass is 10.3. The summed E-state index contributed by atoms with van der Waals surface area (Å²) in [6, 6.07) is 15.4. The number of nitrogens with one attached hydrogen (secondary N) is 1. The van der Waals surface area contributed by atoms with E-state index in [1.54, 1.807) is 42.7 Å². The van der Waals surface area contributed by atoms with Crippen LogP contribution in [0.3, 0.4) is 0 Å². The lowest BCUT2D eigenvalue weighted by Crippen LogP contribution is -2.39. The lowest BCUT2D eigenvalue weighted by Gasteiger charge is -2.23. The first-order valence-electron chi connectivity index (χ1n) is 8.62. The molecule has 0 aliphatic rings. The van der Waals surface area contributed by atoms with E-state index in [4.69, 9.17) is 23.2 Å². The van der Waals surface area contributed by atoms with Crippen LogP contribution >= 0.6 is 23.2 Å². The molecule has 154 valence electrons. The third-order valence-electron chi connectivity index (χ3n) is 3.87. The second-order valence-electron chi connectivity index (χ2n) is 6.03. The third-order valence-corrected chi connectivity index (χ3v) is 6.15. The van der Waals surface area contributed by atoms with Crippen LogP contribution in [-0.2, 0) is 14.8 Å². The molecule has 2 aromatic carbocycles. The second kappa shape index (κ2) is 9.71. The van der Waals surface area contributed by atoms with Crippen LogP contribution in [0.2, 0.25) is 10.0 Å². The van der Waals surface area contributed by atoms with E-state index in [9.17, 15) is 13.2 Å². The molecule has 0 bridgehead atoms. The van der Waals surface area contributed by atoms with Gasteiger partial charge in [0.05, 0.1) is 16.8 Å². The fourth-order valence-electron chi connectivity index (χ4n) is 2.48. The molecule has 1 aromatic heterocycles. The molecule has 0 aliphatic carbocycles. The number of nitrogens with zero attached hydrogens (tertiary/aromatic N) is 3. The maximum atomic E-state index is 13.2. The Balaban J connectivity index is 1.85. The quantitative estimate of drug-likeness (QED) is 0.427. The van der Waals surface area contributed by atoms with Crippen molar-refractivity contribution in [2.24, 2.45) is 5.10 Å². The van der Waals surface area contributed by atoms with Gasteiger partial charge in [0, 0.05) is 28.0 Å². The maximum absolute atomic E-state index is 13.2. The molecule has 0 atom stereocenters. The van der Waals surface area contributed by atoms with E-state index in [0.717, 1.165) is 4.31 Å². The number of rotatable bonds is 7. The molecule has 0 saturated carbocycles. The summed E-state index contributed by atoms with van der Waals surface area (Å²) in [5, 5.41) is 4.57. The number of halogens is 2. The summed E-state index contributed by atoms with van der Waals surface area (Å²) in [6.45, 7) is -0.504. The number of carbonyl (C=O) groups excluding carboxylic acids is 1. The molecule has 30 heavy (non-hydrogen) atoms. The van der Waals surface area contributed by atoms with Crippen molar-refractivity contribution in [3.63, 3.8) is 0 Å². The second-order valence-corrected chi connectivity index (χ2v) is 8.76. The van der Waals surface area contributed by atoms with Gasteiger partial charge in [0.25, 0.3) is 15.9 Å². The van der Waals surface area contributed by atoms with Gasteiger partial charge in [-0.2, -0.15) is 5.10 Å². The van der Waals surface area contributed by atoms with E-state index in [-0.39, 0.29) is 10.6 Å². The summed E-state index contributed by atoms with van der Waals surface area (Å²) in [6.07, 6.45) is 4.58. The zero-order chi connectivity index (χ0) is 21.6. The lowest BCUT2D eigenvalue weighted by molar-refractivity contribution is -0.119. The van der Waals surface area contributed by atoms with Crippen molar-refractivity contribution in [3.05, 3.63) is 88.7 Å². The van der Waals surface area contributed by atoms with Gasteiger partial charge in [0.15, 0.2) is 0 Å². The van der Waals surface area contributed by atoms with Gasteiger partial charge in [-0.1, -0.05) is 35.3 Å². The predicted octanol–water partition coefficient (Wildman–Crippen LogP) is 3.73. The van der Waals surface area contributed by atoms with Crippen molar-refractivity contribution >= 4 is 51.0 Å². The molecule has 0 fully saturated rings. The molecular weight excluding hydrogens is 447 g/mol. The Hall–Kier alpha value is -2.94. The number of sulfonamides is 1. The van der Waals surface area contributed by atoms with Crippen LogP contribution in [-0.4, -0.2) is 32.1 Å².